The van der Waals surface area contributed by atoms with E-state index in [0.29, 0.717) is 17.5 Å². The Bertz CT molecular complexity index is 846. The quantitative estimate of drug-likeness (QED) is 0.680. The van der Waals surface area contributed by atoms with Gasteiger partial charge in [0.05, 0.1) is 13.7 Å². The van der Waals surface area contributed by atoms with Crippen LogP contribution in [0.3, 0.4) is 0 Å². The largest absolute Gasteiger partial charge is 0.497 e. The van der Waals surface area contributed by atoms with E-state index < -0.39 is 0 Å². The summed E-state index contributed by atoms with van der Waals surface area (Å²) in [5, 5.41) is 11.0. The number of hydrogen-bond acceptors (Lipinski definition) is 3. The number of thiocarbonyl (C=S) groups is 1. The van der Waals surface area contributed by atoms with Crippen molar-refractivity contribution in [3.63, 3.8) is 0 Å². The van der Waals surface area contributed by atoms with Crippen molar-refractivity contribution in [2.24, 2.45) is 0 Å². The van der Waals surface area contributed by atoms with Gasteiger partial charge < -0.3 is 15.4 Å². The average Bonchev–Trinajstić information content (AvgIpc) is 3.04. The number of benzene rings is 2. The van der Waals surface area contributed by atoms with Crippen LogP contribution in [-0.2, 0) is 6.54 Å². The van der Waals surface area contributed by atoms with Crippen LogP contribution in [0.1, 0.15) is 5.56 Å². The normalized spacial score (nSPS) is 10.3. The number of aromatic nitrogens is 2. The molecule has 0 spiro atoms. The zero-order valence-electron chi connectivity index (χ0n) is 13.6. The second kappa shape index (κ2) is 7.76. The maximum absolute atomic E-state index is 12.9. The lowest BCUT2D eigenvalue weighted by Gasteiger charge is -2.09. The Balaban J connectivity index is 1.56. The number of nitrogens with zero attached hydrogens (tertiary/aromatic N) is 2. The average molecular weight is 356 g/mol. The summed E-state index contributed by atoms with van der Waals surface area (Å²) in [5.74, 6) is 1.17. The van der Waals surface area contributed by atoms with E-state index in [9.17, 15) is 4.39 Å². The second-order valence-electron chi connectivity index (χ2n) is 5.33. The first-order chi connectivity index (χ1) is 12.1. The first-order valence-electron chi connectivity index (χ1n) is 7.62. The molecule has 1 heterocycles. The number of hydrogen-bond donors (Lipinski definition) is 2. The first kappa shape index (κ1) is 16.9. The Morgan fingerprint density at radius 2 is 1.80 bits per heavy atom. The molecule has 0 aliphatic rings. The molecule has 0 atom stereocenters. The van der Waals surface area contributed by atoms with E-state index in [1.165, 1.54) is 12.1 Å². The van der Waals surface area contributed by atoms with Crippen molar-refractivity contribution in [3.8, 4) is 5.75 Å². The molecule has 0 aliphatic heterocycles. The van der Waals surface area contributed by atoms with E-state index in [-0.39, 0.29) is 5.82 Å². The summed E-state index contributed by atoms with van der Waals surface area (Å²) in [5.41, 5.74) is 1.82. The molecule has 2 N–H and O–H groups in total. The number of methoxy groups -OCH3 is 1. The molecule has 0 fully saturated rings. The summed E-state index contributed by atoms with van der Waals surface area (Å²) in [7, 11) is 1.62. The maximum Gasteiger partial charge on any atom is 0.176 e. The fraction of sp³-hybridized carbons (Fsp3) is 0.111. The lowest BCUT2D eigenvalue weighted by Crippen LogP contribution is -2.19. The Hall–Kier alpha value is -2.93. The lowest BCUT2D eigenvalue weighted by atomic mass is 10.2. The minimum Gasteiger partial charge on any atom is -0.497 e. The molecule has 25 heavy (non-hydrogen) atoms. The zero-order chi connectivity index (χ0) is 17.6. The van der Waals surface area contributed by atoms with E-state index in [1.807, 2.05) is 36.5 Å². The summed E-state index contributed by atoms with van der Waals surface area (Å²) >= 11 is 5.29. The Morgan fingerprint density at radius 3 is 2.48 bits per heavy atom. The number of halogens is 1. The number of anilines is 2. The van der Waals surface area contributed by atoms with Crippen LogP contribution in [0.5, 0.6) is 5.75 Å². The van der Waals surface area contributed by atoms with Crippen LogP contribution in [0.25, 0.3) is 0 Å². The van der Waals surface area contributed by atoms with Crippen LogP contribution in [0.2, 0.25) is 0 Å². The third-order valence-electron chi connectivity index (χ3n) is 3.49. The standard InChI is InChI=1S/C18H17FN4OS/c1-24-16-8-6-15(7-9-16)20-18(25)21-17-10-11-23(22-17)12-13-2-4-14(19)5-3-13/h2-11H,12H2,1H3,(H2,20,21,22,25). The molecule has 3 rings (SSSR count). The zero-order valence-corrected chi connectivity index (χ0v) is 14.4. The molecule has 3 aromatic rings. The van der Waals surface area contributed by atoms with E-state index in [2.05, 4.69) is 15.7 Å². The van der Waals surface area contributed by atoms with Gasteiger partial charge in [-0.3, -0.25) is 4.68 Å². The van der Waals surface area contributed by atoms with Crippen molar-refractivity contribution in [2.45, 2.75) is 6.54 Å². The molecular formula is C18H17FN4OS. The summed E-state index contributed by atoms with van der Waals surface area (Å²) < 4.78 is 19.8. The minimum atomic E-state index is -0.249. The molecular weight excluding hydrogens is 339 g/mol. The fourth-order valence-electron chi connectivity index (χ4n) is 2.25. The number of ether oxygens (including phenoxy) is 1. The molecule has 0 unspecified atom stereocenters. The monoisotopic (exact) mass is 356 g/mol. The highest BCUT2D eigenvalue weighted by molar-refractivity contribution is 7.80. The van der Waals surface area contributed by atoms with Crippen LogP contribution >= 0.6 is 12.2 Å². The third kappa shape index (κ3) is 4.77. The third-order valence-corrected chi connectivity index (χ3v) is 3.69. The van der Waals surface area contributed by atoms with Crippen molar-refractivity contribution in [1.29, 1.82) is 0 Å². The van der Waals surface area contributed by atoms with Crippen LogP contribution in [0.4, 0.5) is 15.9 Å². The highest BCUT2D eigenvalue weighted by Gasteiger charge is 2.04. The van der Waals surface area contributed by atoms with Gasteiger partial charge in [0.25, 0.3) is 0 Å². The van der Waals surface area contributed by atoms with E-state index in [1.54, 1.807) is 23.9 Å². The molecule has 5 nitrogen and oxygen atoms in total. The van der Waals surface area contributed by atoms with E-state index >= 15 is 0 Å². The summed E-state index contributed by atoms with van der Waals surface area (Å²) in [4.78, 5) is 0. The van der Waals surface area contributed by atoms with Crippen molar-refractivity contribution in [1.82, 2.24) is 9.78 Å². The van der Waals surface area contributed by atoms with Crippen LogP contribution in [0, 0.1) is 5.82 Å². The second-order valence-corrected chi connectivity index (χ2v) is 5.74. The summed E-state index contributed by atoms with van der Waals surface area (Å²) in [6.45, 7) is 0.556. The Labute approximate surface area is 150 Å². The molecule has 2 aromatic carbocycles. The van der Waals surface area contributed by atoms with E-state index in [0.717, 1.165) is 17.0 Å². The van der Waals surface area contributed by atoms with Gasteiger partial charge in [-0.15, -0.1) is 0 Å². The SMILES string of the molecule is COc1ccc(NC(=S)Nc2ccn(Cc3ccc(F)cc3)n2)cc1. The van der Waals surface area contributed by atoms with Crippen LogP contribution < -0.4 is 15.4 Å². The van der Waals surface area contributed by atoms with E-state index in [4.69, 9.17) is 17.0 Å². The fourth-order valence-corrected chi connectivity index (χ4v) is 2.47. The number of rotatable bonds is 5. The first-order valence-corrected chi connectivity index (χ1v) is 8.03. The molecule has 0 radical (unpaired) electrons. The molecule has 0 saturated carbocycles. The smallest absolute Gasteiger partial charge is 0.176 e. The van der Waals surface area contributed by atoms with Gasteiger partial charge in [0.2, 0.25) is 0 Å². The van der Waals surface area contributed by atoms with Gasteiger partial charge in [-0.05, 0) is 54.2 Å². The van der Waals surface area contributed by atoms with Gasteiger partial charge >= 0.3 is 0 Å². The van der Waals surface area contributed by atoms with Gasteiger partial charge in [0.15, 0.2) is 10.9 Å². The van der Waals surface area contributed by atoms with Gasteiger partial charge in [-0.1, -0.05) is 12.1 Å². The molecule has 0 amide bonds. The van der Waals surface area contributed by atoms with Gasteiger partial charge in [-0.2, -0.15) is 5.10 Å². The molecule has 128 valence electrons. The molecule has 0 saturated heterocycles. The Kier molecular flexibility index (Phi) is 5.25. The molecule has 0 aliphatic carbocycles. The highest BCUT2D eigenvalue weighted by Crippen LogP contribution is 2.15. The van der Waals surface area contributed by atoms with Gasteiger partial charge in [0, 0.05) is 18.0 Å². The van der Waals surface area contributed by atoms with Crippen molar-refractivity contribution in [2.75, 3.05) is 17.7 Å². The highest BCUT2D eigenvalue weighted by atomic mass is 32.1. The minimum absolute atomic E-state index is 0.249. The van der Waals surface area contributed by atoms with Crippen molar-refractivity contribution in [3.05, 3.63) is 72.2 Å². The van der Waals surface area contributed by atoms with Crippen LogP contribution in [0.15, 0.2) is 60.8 Å². The predicted octanol–water partition coefficient (Wildman–Crippen LogP) is 3.89. The van der Waals surface area contributed by atoms with Crippen LogP contribution in [-0.4, -0.2) is 22.0 Å². The molecule has 7 heteroatoms. The molecule has 1 aromatic heterocycles. The Morgan fingerprint density at radius 1 is 1.08 bits per heavy atom. The summed E-state index contributed by atoms with van der Waals surface area (Å²) in [6.07, 6.45) is 1.84. The maximum atomic E-state index is 12.9. The molecule has 0 bridgehead atoms. The van der Waals surface area contributed by atoms with Gasteiger partial charge in [-0.25, -0.2) is 4.39 Å². The number of nitrogens with one attached hydrogen (secondary N) is 2. The predicted molar refractivity (Wildman–Crippen MR) is 101 cm³/mol. The summed E-state index contributed by atoms with van der Waals surface area (Å²) in [6, 6.07) is 15.6. The van der Waals surface area contributed by atoms with Gasteiger partial charge in [0.1, 0.15) is 11.6 Å². The van der Waals surface area contributed by atoms with Crippen molar-refractivity contribution < 1.29 is 9.13 Å². The lowest BCUT2D eigenvalue weighted by molar-refractivity contribution is 0.415. The van der Waals surface area contributed by atoms with Crippen molar-refractivity contribution >= 4 is 28.8 Å². The topological polar surface area (TPSA) is 51.1 Å².